The summed E-state index contributed by atoms with van der Waals surface area (Å²) in [6.07, 6.45) is -0.165. The minimum Gasteiger partial charge on any atom is -0.494 e. The number of hydrogen-bond acceptors (Lipinski definition) is 4. The zero-order chi connectivity index (χ0) is 19.1. The molecule has 3 aromatic rings. The van der Waals surface area contributed by atoms with Crippen molar-refractivity contribution in [2.45, 2.75) is 26.2 Å². The molecule has 2 N–H and O–H groups in total. The smallest absolute Gasteiger partial charge is 0.423 e. The van der Waals surface area contributed by atoms with Crippen molar-refractivity contribution in [3.63, 3.8) is 0 Å². The lowest BCUT2D eigenvalue weighted by molar-refractivity contribution is 0.140. The molecule has 1 aromatic heterocycles. The van der Waals surface area contributed by atoms with Crippen molar-refractivity contribution < 1.29 is 19.7 Å². The Bertz CT molecular complexity index is 964. The van der Waals surface area contributed by atoms with Gasteiger partial charge in [0.1, 0.15) is 0 Å². The highest BCUT2D eigenvalue weighted by Crippen LogP contribution is 2.47. The Kier molecular flexibility index (Phi) is 4.15. The number of benzene rings is 2. The monoisotopic (exact) mass is 363 g/mol. The topological polar surface area (TPSA) is 71.7 Å². The van der Waals surface area contributed by atoms with Gasteiger partial charge in [0.25, 0.3) is 0 Å². The molecule has 5 heteroatoms. The van der Waals surface area contributed by atoms with Crippen LogP contribution in [0.15, 0.2) is 48.5 Å². The van der Waals surface area contributed by atoms with Gasteiger partial charge in [-0.05, 0) is 42.5 Å². The van der Waals surface area contributed by atoms with Crippen LogP contribution in [0.1, 0.15) is 34.6 Å². The van der Waals surface area contributed by atoms with Crippen molar-refractivity contribution in [2.75, 3.05) is 6.61 Å². The van der Waals surface area contributed by atoms with E-state index in [0.29, 0.717) is 6.42 Å². The predicted octanol–water partition coefficient (Wildman–Crippen LogP) is 4.70. The highest BCUT2D eigenvalue weighted by Gasteiger charge is 2.29. The molecule has 0 aliphatic heterocycles. The summed E-state index contributed by atoms with van der Waals surface area (Å²) < 4.78 is 6.03. The number of aryl methyl sites for hydroxylation is 2. The predicted molar refractivity (Wildman–Crippen MR) is 102 cm³/mol. The summed E-state index contributed by atoms with van der Waals surface area (Å²) in [5.41, 5.74) is 7.39. The number of carbonyl (C=O) groups is 1. The second-order valence-corrected chi connectivity index (χ2v) is 7.02. The number of carbonyl (C=O) groups excluding carboxylic acids is 1. The van der Waals surface area contributed by atoms with Gasteiger partial charge in [0, 0.05) is 18.1 Å². The van der Waals surface area contributed by atoms with Gasteiger partial charge in [-0.1, -0.05) is 47.5 Å². The van der Waals surface area contributed by atoms with Gasteiger partial charge in [0.05, 0.1) is 6.61 Å². The van der Waals surface area contributed by atoms with Crippen molar-refractivity contribution in [1.82, 2.24) is 4.57 Å². The standard InChI is InChI=1S/C22H21NO4/c1-13-3-5-15-17(16-6-4-14(2)12-19(16)18(15)11-13)9-10-27-22(26)23-20(24)7-8-21(23)25/h3-8,11-12,17,24-25H,9-10H2,1-2H3. The van der Waals surface area contributed by atoms with Crippen LogP contribution in [-0.4, -0.2) is 27.5 Å². The minimum atomic E-state index is -0.791. The molecule has 27 heavy (non-hydrogen) atoms. The van der Waals surface area contributed by atoms with Crippen molar-refractivity contribution >= 4 is 6.09 Å². The van der Waals surface area contributed by atoms with E-state index in [1.807, 2.05) is 0 Å². The third-order valence-electron chi connectivity index (χ3n) is 5.11. The van der Waals surface area contributed by atoms with E-state index in [-0.39, 0.29) is 24.3 Å². The Balaban J connectivity index is 1.56. The summed E-state index contributed by atoms with van der Waals surface area (Å²) in [5, 5.41) is 19.3. The number of nitrogens with zero attached hydrogens (tertiary/aromatic N) is 1. The summed E-state index contributed by atoms with van der Waals surface area (Å²) in [7, 11) is 0. The molecule has 0 amide bonds. The molecule has 0 fully saturated rings. The third-order valence-corrected chi connectivity index (χ3v) is 5.11. The molecule has 0 radical (unpaired) electrons. The molecule has 138 valence electrons. The maximum atomic E-state index is 12.1. The second-order valence-electron chi connectivity index (χ2n) is 7.02. The first-order valence-electron chi connectivity index (χ1n) is 8.94. The first-order valence-corrected chi connectivity index (χ1v) is 8.94. The van der Waals surface area contributed by atoms with Gasteiger partial charge in [-0.2, -0.15) is 4.57 Å². The SMILES string of the molecule is Cc1ccc2c(c1)-c1cc(C)ccc1C2CCOC(=O)n1c(O)ccc1O. The van der Waals surface area contributed by atoms with E-state index in [4.69, 9.17) is 4.74 Å². The van der Waals surface area contributed by atoms with Crippen LogP contribution < -0.4 is 0 Å². The van der Waals surface area contributed by atoms with E-state index < -0.39 is 6.09 Å². The van der Waals surface area contributed by atoms with E-state index in [9.17, 15) is 15.0 Å². The zero-order valence-electron chi connectivity index (χ0n) is 15.3. The summed E-state index contributed by atoms with van der Waals surface area (Å²) >= 11 is 0. The number of ether oxygens (including phenoxy) is 1. The average molecular weight is 363 g/mol. The summed E-state index contributed by atoms with van der Waals surface area (Å²) in [6, 6.07) is 15.4. The van der Waals surface area contributed by atoms with Crippen LogP contribution in [0.4, 0.5) is 4.79 Å². The molecule has 0 saturated heterocycles. The highest BCUT2D eigenvalue weighted by molar-refractivity contribution is 5.80. The molecular formula is C22H21NO4. The molecule has 0 spiro atoms. The lowest BCUT2D eigenvalue weighted by Crippen LogP contribution is -2.15. The zero-order valence-corrected chi connectivity index (χ0v) is 15.3. The molecule has 4 rings (SSSR count). The molecule has 0 unspecified atom stereocenters. The number of fused-ring (bicyclic) bond motifs is 3. The molecule has 5 nitrogen and oxygen atoms in total. The van der Waals surface area contributed by atoms with Crippen LogP contribution >= 0.6 is 0 Å². The molecule has 0 atom stereocenters. The summed E-state index contributed by atoms with van der Waals surface area (Å²) in [6.45, 7) is 4.35. The van der Waals surface area contributed by atoms with Crippen molar-refractivity contribution in [2.24, 2.45) is 0 Å². The Morgan fingerprint density at radius 3 is 1.96 bits per heavy atom. The van der Waals surface area contributed by atoms with Crippen molar-refractivity contribution in [3.05, 3.63) is 70.8 Å². The van der Waals surface area contributed by atoms with E-state index in [0.717, 1.165) is 4.57 Å². The summed E-state index contributed by atoms with van der Waals surface area (Å²) in [5.74, 6) is -0.545. The normalized spacial score (nSPS) is 12.7. The largest absolute Gasteiger partial charge is 0.494 e. The summed E-state index contributed by atoms with van der Waals surface area (Å²) in [4.78, 5) is 12.1. The van der Waals surface area contributed by atoms with Crippen molar-refractivity contribution in [3.8, 4) is 22.9 Å². The highest BCUT2D eigenvalue weighted by atomic mass is 16.6. The molecule has 0 bridgehead atoms. The van der Waals surface area contributed by atoms with Gasteiger partial charge >= 0.3 is 6.09 Å². The van der Waals surface area contributed by atoms with Gasteiger partial charge < -0.3 is 14.9 Å². The van der Waals surface area contributed by atoms with Crippen LogP contribution in [0.2, 0.25) is 0 Å². The van der Waals surface area contributed by atoms with Gasteiger partial charge in [-0.25, -0.2) is 4.79 Å². The number of hydrogen-bond donors (Lipinski definition) is 2. The fourth-order valence-corrected chi connectivity index (χ4v) is 3.82. The Hall–Kier alpha value is -3.21. The molecule has 1 aliphatic rings. The van der Waals surface area contributed by atoms with E-state index in [1.54, 1.807) is 0 Å². The van der Waals surface area contributed by atoms with Crippen molar-refractivity contribution in [1.29, 1.82) is 0 Å². The first kappa shape index (κ1) is 17.2. The van der Waals surface area contributed by atoms with Gasteiger partial charge in [0.15, 0.2) is 0 Å². The Labute approximate surface area is 157 Å². The first-order chi connectivity index (χ1) is 13.0. The van der Waals surface area contributed by atoms with E-state index in [1.165, 1.54) is 45.5 Å². The lowest BCUT2D eigenvalue weighted by Gasteiger charge is -2.14. The molecule has 2 aromatic carbocycles. The molecule has 1 heterocycles. The second kappa shape index (κ2) is 6.50. The van der Waals surface area contributed by atoms with E-state index in [2.05, 4.69) is 50.2 Å². The third kappa shape index (κ3) is 2.95. The van der Waals surface area contributed by atoms with Crippen LogP contribution in [0.3, 0.4) is 0 Å². The number of rotatable bonds is 3. The number of aromatic hydroxyl groups is 2. The fourth-order valence-electron chi connectivity index (χ4n) is 3.82. The van der Waals surface area contributed by atoms with Gasteiger partial charge in [-0.15, -0.1) is 0 Å². The quantitative estimate of drug-likeness (QED) is 0.707. The Morgan fingerprint density at radius 2 is 1.44 bits per heavy atom. The molecule has 1 aliphatic carbocycles. The Morgan fingerprint density at radius 1 is 0.926 bits per heavy atom. The van der Waals surface area contributed by atoms with Crippen LogP contribution in [0, 0.1) is 13.8 Å². The van der Waals surface area contributed by atoms with Crippen LogP contribution in [0.5, 0.6) is 11.8 Å². The van der Waals surface area contributed by atoms with Gasteiger partial charge in [0.2, 0.25) is 11.8 Å². The van der Waals surface area contributed by atoms with Crippen LogP contribution in [-0.2, 0) is 4.74 Å². The fraction of sp³-hybridized carbons (Fsp3) is 0.227. The average Bonchev–Trinajstić information content (AvgIpc) is 3.12. The lowest BCUT2D eigenvalue weighted by atomic mass is 9.93. The maximum Gasteiger partial charge on any atom is 0.423 e. The minimum absolute atomic E-state index is 0.149. The van der Waals surface area contributed by atoms with Crippen LogP contribution in [0.25, 0.3) is 11.1 Å². The molecule has 0 saturated carbocycles. The molecular weight excluding hydrogens is 342 g/mol. The van der Waals surface area contributed by atoms with Gasteiger partial charge in [-0.3, -0.25) is 0 Å². The number of aromatic nitrogens is 1. The van der Waals surface area contributed by atoms with E-state index >= 15 is 0 Å². The maximum absolute atomic E-state index is 12.1.